The quantitative estimate of drug-likeness (QED) is 0.492. The molecule has 3 aromatic rings. The summed E-state index contributed by atoms with van der Waals surface area (Å²) in [6.45, 7) is 1.87. The average Bonchev–Trinajstić information content (AvgIpc) is 2.74. The molecule has 3 aromatic carbocycles. The molecule has 2 N–H and O–H groups in total. The summed E-state index contributed by atoms with van der Waals surface area (Å²) in [5.74, 6) is 0.162. The number of nitrogens with one attached hydrogen (secondary N) is 2. The van der Waals surface area contributed by atoms with Crippen LogP contribution in [0.5, 0.6) is 0 Å². The fourth-order valence-electron chi connectivity index (χ4n) is 3.02. The van der Waals surface area contributed by atoms with Gasteiger partial charge < -0.3 is 10.6 Å². The molecule has 0 heterocycles. The van der Waals surface area contributed by atoms with E-state index in [-0.39, 0.29) is 17.1 Å². The lowest BCUT2D eigenvalue weighted by molar-refractivity contribution is -0.118. The number of hydrogen-bond acceptors (Lipinski definition) is 3. The second-order valence-electron chi connectivity index (χ2n) is 6.81. The standard InChI is InChI=1S/C24H23ClN2O2S/c1-17(28)27-22-9-5-6-18(14-22)15-26-23(29)16-30-24(19-7-3-2-4-8-19)20-10-12-21(25)13-11-20/h2-14,24H,15-16H2,1H3,(H,26,29)(H,27,28). The number of thioether (sulfide) groups is 1. The topological polar surface area (TPSA) is 58.2 Å². The average molecular weight is 439 g/mol. The van der Waals surface area contributed by atoms with E-state index < -0.39 is 0 Å². The van der Waals surface area contributed by atoms with Crippen LogP contribution in [-0.2, 0) is 16.1 Å². The van der Waals surface area contributed by atoms with Crippen LogP contribution in [-0.4, -0.2) is 17.6 Å². The third kappa shape index (κ3) is 6.65. The fourth-order valence-corrected chi connectivity index (χ4v) is 4.27. The minimum absolute atomic E-state index is 0.0392. The second kappa shape index (κ2) is 10.9. The number of amides is 2. The van der Waals surface area contributed by atoms with E-state index >= 15 is 0 Å². The lowest BCUT2D eigenvalue weighted by Crippen LogP contribution is -2.25. The maximum absolute atomic E-state index is 12.5. The van der Waals surface area contributed by atoms with E-state index in [1.165, 1.54) is 6.92 Å². The SMILES string of the molecule is CC(=O)Nc1cccc(CNC(=O)CSC(c2ccccc2)c2ccc(Cl)cc2)c1. The highest BCUT2D eigenvalue weighted by atomic mass is 35.5. The highest BCUT2D eigenvalue weighted by Gasteiger charge is 2.16. The molecular formula is C24H23ClN2O2S. The predicted octanol–water partition coefficient (Wildman–Crippen LogP) is 5.44. The Labute approximate surface area is 186 Å². The first-order valence-corrected chi connectivity index (χ1v) is 11.0. The number of halogens is 1. The van der Waals surface area contributed by atoms with E-state index in [1.807, 2.05) is 66.7 Å². The molecule has 0 saturated carbocycles. The van der Waals surface area contributed by atoms with E-state index in [1.54, 1.807) is 11.8 Å². The molecule has 0 saturated heterocycles. The molecule has 6 heteroatoms. The molecule has 1 unspecified atom stereocenters. The molecule has 154 valence electrons. The number of benzene rings is 3. The summed E-state index contributed by atoms with van der Waals surface area (Å²) in [5.41, 5.74) is 3.89. The lowest BCUT2D eigenvalue weighted by Gasteiger charge is -2.18. The van der Waals surface area contributed by atoms with Crippen LogP contribution in [0.1, 0.15) is 28.9 Å². The molecule has 30 heavy (non-hydrogen) atoms. The van der Waals surface area contributed by atoms with Gasteiger partial charge in [-0.1, -0.05) is 66.2 Å². The van der Waals surface area contributed by atoms with Gasteiger partial charge in [0.05, 0.1) is 11.0 Å². The van der Waals surface area contributed by atoms with Gasteiger partial charge in [0.25, 0.3) is 0 Å². The molecule has 0 aromatic heterocycles. The van der Waals surface area contributed by atoms with Crippen LogP contribution in [0, 0.1) is 0 Å². The van der Waals surface area contributed by atoms with Crippen molar-refractivity contribution < 1.29 is 9.59 Å². The van der Waals surface area contributed by atoms with Crippen LogP contribution >= 0.6 is 23.4 Å². The van der Waals surface area contributed by atoms with Crippen molar-refractivity contribution in [3.8, 4) is 0 Å². The van der Waals surface area contributed by atoms with Crippen LogP contribution < -0.4 is 10.6 Å². The number of rotatable bonds is 8. The van der Waals surface area contributed by atoms with Gasteiger partial charge in [0, 0.05) is 24.2 Å². The van der Waals surface area contributed by atoms with Crippen molar-refractivity contribution in [2.75, 3.05) is 11.1 Å². The summed E-state index contributed by atoms with van der Waals surface area (Å²) in [6, 6.07) is 25.3. The highest BCUT2D eigenvalue weighted by Crippen LogP contribution is 2.35. The van der Waals surface area contributed by atoms with Gasteiger partial charge in [0.2, 0.25) is 11.8 Å². The van der Waals surface area contributed by atoms with E-state index in [0.29, 0.717) is 17.3 Å². The third-order valence-electron chi connectivity index (χ3n) is 4.39. The van der Waals surface area contributed by atoms with Gasteiger partial charge >= 0.3 is 0 Å². The van der Waals surface area contributed by atoms with E-state index in [2.05, 4.69) is 22.8 Å². The minimum Gasteiger partial charge on any atom is -0.351 e. The molecule has 0 bridgehead atoms. The largest absolute Gasteiger partial charge is 0.351 e. The Morgan fingerprint density at radius 1 is 0.933 bits per heavy atom. The van der Waals surface area contributed by atoms with Crippen molar-refractivity contribution in [1.29, 1.82) is 0 Å². The Morgan fingerprint density at radius 2 is 1.63 bits per heavy atom. The first-order chi connectivity index (χ1) is 14.5. The van der Waals surface area contributed by atoms with Crippen molar-refractivity contribution >= 4 is 40.9 Å². The zero-order valence-electron chi connectivity index (χ0n) is 16.6. The van der Waals surface area contributed by atoms with Gasteiger partial charge in [-0.25, -0.2) is 0 Å². The van der Waals surface area contributed by atoms with Crippen molar-refractivity contribution in [1.82, 2.24) is 5.32 Å². The van der Waals surface area contributed by atoms with Gasteiger partial charge in [0.1, 0.15) is 0 Å². The summed E-state index contributed by atoms with van der Waals surface area (Å²) in [7, 11) is 0. The maximum atomic E-state index is 12.5. The summed E-state index contributed by atoms with van der Waals surface area (Å²) >= 11 is 7.61. The maximum Gasteiger partial charge on any atom is 0.230 e. The number of anilines is 1. The molecule has 0 aliphatic heterocycles. The van der Waals surface area contributed by atoms with Crippen LogP contribution in [0.2, 0.25) is 5.02 Å². The predicted molar refractivity (Wildman–Crippen MR) is 125 cm³/mol. The van der Waals surface area contributed by atoms with Crippen LogP contribution in [0.3, 0.4) is 0 Å². The molecule has 0 fully saturated rings. The van der Waals surface area contributed by atoms with E-state index in [4.69, 9.17) is 11.6 Å². The van der Waals surface area contributed by atoms with Crippen LogP contribution in [0.15, 0.2) is 78.9 Å². The second-order valence-corrected chi connectivity index (χ2v) is 8.34. The number of carbonyl (C=O) groups excluding carboxylic acids is 2. The van der Waals surface area contributed by atoms with Crippen LogP contribution in [0.4, 0.5) is 5.69 Å². The molecule has 0 aliphatic carbocycles. The Kier molecular flexibility index (Phi) is 7.94. The first-order valence-electron chi connectivity index (χ1n) is 9.56. The summed E-state index contributed by atoms with van der Waals surface area (Å²) in [4.78, 5) is 23.7. The Morgan fingerprint density at radius 3 is 2.33 bits per heavy atom. The van der Waals surface area contributed by atoms with Crippen LogP contribution in [0.25, 0.3) is 0 Å². The first kappa shape index (κ1) is 21.9. The van der Waals surface area contributed by atoms with E-state index in [0.717, 1.165) is 22.4 Å². The summed E-state index contributed by atoms with van der Waals surface area (Å²) in [5, 5.41) is 6.43. The molecule has 3 rings (SSSR count). The number of hydrogen-bond donors (Lipinski definition) is 2. The van der Waals surface area contributed by atoms with Gasteiger partial charge in [-0.2, -0.15) is 0 Å². The molecule has 0 aliphatic rings. The Balaban J connectivity index is 1.61. The van der Waals surface area contributed by atoms with Crippen molar-refractivity contribution in [2.45, 2.75) is 18.7 Å². The van der Waals surface area contributed by atoms with Crippen molar-refractivity contribution in [3.63, 3.8) is 0 Å². The van der Waals surface area contributed by atoms with Gasteiger partial charge in [-0.15, -0.1) is 11.8 Å². The molecule has 2 amide bonds. The molecule has 0 radical (unpaired) electrons. The normalized spacial score (nSPS) is 11.5. The lowest BCUT2D eigenvalue weighted by atomic mass is 10.0. The molecule has 0 spiro atoms. The van der Waals surface area contributed by atoms with E-state index in [9.17, 15) is 9.59 Å². The molecule has 4 nitrogen and oxygen atoms in total. The summed E-state index contributed by atoms with van der Waals surface area (Å²) < 4.78 is 0. The highest BCUT2D eigenvalue weighted by molar-refractivity contribution is 8.00. The van der Waals surface area contributed by atoms with Crippen molar-refractivity contribution in [3.05, 3.63) is 101 Å². The molecular weight excluding hydrogens is 416 g/mol. The van der Waals surface area contributed by atoms with Gasteiger partial charge in [0.15, 0.2) is 0 Å². The fraction of sp³-hybridized carbons (Fsp3) is 0.167. The van der Waals surface area contributed by atoms with Gasteiger partial charge in [-0.3, -0.25) is 9.59 Å². The third-order valence-corrected chi connectivity index (χ3v) is 5.95. The molecule has 1 atom stereocenters. The minimum atomic E-state index is -0.123. The van der Waals surface area contributed by atoms with Crippen molar-refractivity contribution in [2.24, 2.45) is 0 Å². The zero-order valence-corrected chi connectivity index (χ0v) is 18.2. The monoisotopic (exact) mass is 438 g/mol. The smallest absolute Gasteiger partial charge is 0.230 e. The Bertz CT molecular complexity index is 994. The number of carbonyl (C=O) groups is 2. The zero-order chi connectivity index (χ0) is 21.3. The summed E-state index contributed by atoms with van der Waals surface area (Å²) in [6.07, 6.45) is 0. The Hall–Kier alpha value is -2.76. The van der Waals surface area contributed by atoms with Gasteiger partial charge in [-0.05, 0) is 41.0 Å².